The number of guanidine groups is 1. The van der Waals surface area contributed by atoms with Crippen LogP contribution in [0, 0.1) is 5.92 Å². The van der Waals surface area contributed by atoms with Crippen LogP contribution in [-0.2, 0) is 13.1 Å². The number of nitrogens with zero attached hydrogens (tertiary/aromatic N) is 3. The first-order chi connectivity index (χ1) is 11.1. The van der Waals surface area contributed by atoms with Gasteiger partial charge < -0.3 is 15.2 Å². The van der Waals surface area contributed by atoms with Crippen LogP contribution in [0.2, 0.25) is 0 Å². The molecule has 5 nitrogen and oxygen atoms in total. The second kappa shape index (κ2) is 8.36. The minimum atomic E-state index is 0.192. The molecule has 1 aromatic carbocycles. The van der Waals surface area contributed by atoms with E-state index in [0.717, 1.165) is 18.3 Å². The quantitative estimate of drug-likeness (QED) is 0.637. The molecule has 23 heavy (non-hydrogen) atoms. The molecule has 1 heterocycles. The minimum Gasteiger partial charge on any atom is -0.350 e. The Hall–Kier alpha value is -2.30. The van der Waals surface area contributed by atoms with Crippen LogP contribution in [0.3, 0.4) is 0 Å². The molecule has 0 saturated heterocycles. The maximum atomic E-state index is 4.43. The first-order valence-electron chi connectivity index (χ1n) is 8.12. The minimum absolute atomic E-state index is 0.192. The molecule has 1 aromatic heterocycles. The van der Waals surface area contributed by atoms with Gasteiger partial charge in [-0.3, -0.25) is 4.99 Å². The second-order valence-corrected chi connectivity index (χ2v) is 6.09. The zero-order valence-electron chi connectivity index (χ0n) is 14.5. The lowest BCUT2D eigenvalue weighted by Gasteiger charge is -2.18. The van der Waals surface area contributed by atoms with Gasteiger partial charge in [0, 0.05) is 26.0 Å². The number of benzene rings is 1. The largest absolute Gasteiger partial charge is 0.350 e. The lowest BCUT2D eigenvalue weighted by molar-refractivity contribution is 0.503. The predicted molar refractivity (Wildman–Crippen MR) is 95.3 cm³/mol. The van der Waals surface area contributed by atoms with Crippen LogP contribution in [0.25, 0.3) is 0 Å². The zero-order chi connectivity index (χ0) is 16.7. The predicted octanol–water partition coefficient (Wildman–Crippen LogP) is 2.97. The van der Waals surface area contributed by atoms with Gasteiger partial charge in [0.1, 0.15) is 5.82 Å². The van der Waals surface area contributed by atoms with Crippen molar-refractivity contribution in [2.75, 3.05) is 7.05 Å². The van der Waals surface area contributed by atoms with Gasteiger partial charge in [0.15, 0.2) is 5.96 Å². The average Bonchev–Trinajstić information content (AvgIpc) is 2.98. The van der Waals surface area contributed by atoms with Gasteiger partial charge in [-0.15, -0.1) is 0 Å². The summed E-state index contributed by atoms with van der Waals surface area (Å²) in [5.41, 5.74) is 1.23. The van der Waals surface area contributed by atoms with Crippen molar-refractivity contribution in [1.29, 1.82) is 0 Å². The molecular formula is C18H27N5. The number of rotatable bonds is 6. The standard InChI is InChI=1S/C18H27N5/c1-14(2)13-23-11-10-20-17(23)12-21-18(19-4)22-15(3)16-8-6-5-7-9-16/h5-11,14-15H,12-13H2,1-4H3,(H2,19,21,22). The first kappa shape index (κ1) is 17.1. The molecule has 0 fully saturated rings. The van der Waals surface area contributed by atoms with Gasteiger partial charge in [-0.25, -0.2) is 4.98 Å². The third kappa shape index (κ3) is 5.13. The Bertz CT molecular complexity index is 615. The molecular weight excluding hydrogens is 286 g/mol. The number of aromatic nitrogens is 2. The van der Waals surface area contributed by atoms with Crippen molar-refractivity contribution in [3.63, 3.8) is 0 Å². The summed E-state index contributed by atoms with van der Waals surface area (Å²) in [6.07, 6.45) is 3.88. The molecule has 124 valence electrons. The highest BCUT2D eigenvalue weighted by molar-refractivity contribution is 5.80. The van der Waals surface area contributed by atoms with Crippen molar-refractivity contribution < 1.29 is 0 Å². The van der Waals surface area contributed by atoms with Crippen LogP contribution in [0.5, 0.6) is 0 Å². The summed E-state index contributed by atoms with van der Waals surface area (Å²) in [6.45, 7) is 8.17. The molecule has 5 heteroatoms. The van der Waals surface area contributed by atoms with Crippen LogP contribution in [0.15, 0.2) is 47.7 Å². The maximum absolute atomic E-state index is 4.43. The molecule has 0 aliphatic rings. The van der Waals surface area contributed by atoms with Crippen molar-refractivity contribution in [3.8, 4) is 0 Å². The lowest BCUT2D eigenvalue weighted by Crippen LogP contribution is -2.38. The van der Waals surface area contributed by atoms with Gasteiger partial charge >= 0.3 is 0 Å². The first-order valence-corrected chi connectivity index (χ1v) is 8.12. The molecule has 0 spiro atoms. The summed E-state index contributed by atoms with van der Waals surface area (Å²) in [6, 6.07) is 10.5. The molecule has 0 aliphatic heterocycles. The van der Waals surface area contributed by atoms with E-state index < -0.39 is 0 Å². The van der Waals surface area contributed by atoms with E-state index in [-0.39, 0.29) is 6.04 Å². The van der Waals surface area contributed by atoms with Crippen LogP contribution in [0.4, 0.5) is 0 Å². The lowest BCUT2D eigenvalue weighted by atomic mass is 10.1. The van der Waals surface area contributed by atoms with E-state index in [0.29, 0.717) is 12.5 Å². The molecule has 0 saturated carbocycles. The van der Waals surface area contributed by atoms with Gasteiger partial charge in [0.05, 0.1) is 12.6 Å². The van der Waals surface area contributed by atoms with E-state index in [1.807, 2.05) is 30.6 Å². The number of hydrogen-bond acceptors (Lipinski definition) is 2. The summed E-state index contributed by atoms with van der Waals surface area (Å²) in [4.78, 5) is 8.73. The molecule has 2 rings (SSSR count). The van der Waals surface area contributed by atoms with E-state index in [9.17, 15) is 0 Å². The van der Waals surface area contributed by atoms with Gasteiger partial charge in [-0.05, 0) is 18.4 Å². The highest BCUT2D eigenvalue weighted by atomic mass is 15.2. The van der Waals surface area contributed by atoms with Gasteiger partial charge in [-0.1, -0.05) is 44.2 Å². The monoisotopic (exact) mass is 313 g/mol. The smallest absolute Gasteiger partial charge is 0.191 e. The SMILES string of the molecule is CN=C(NCc1nccn1CC(C)C)NC(C)c1ccccc1. The Morgan fingerprint density at radius 1 is 1.22 bits per heavy atom. The van der Waals surface area contributed by atoms with Crippen LogP contribution < -0.4 is 10.6 Å². The molecule has 0 amide bonds. The zero-order valence-corrected chi connectivity index (χ0v) is 14.5. The fraction of sp³-hybridized carbons (Fsp3) is 0.444. The normalized spacial score (nSPS) is 13.2. The number of hydrogen-bond donors (Lipinski definition) is 2. The van der Waals surface area contributed by atoms with Crippen molar-refractivity contribution in [2.45, 2.75) is 39.9 Å². The molecule has 1 unspecified atom stereocenters. The van der Waals surface area contributed by atoms with Crippen LogP contribution in [0.1, 0.15) is 38.2 Å². The van der Waals surface area contributed by atoms with Gasteiger partial charge in [0.25, 0.3) is 0 Å². The van der Waals surface area contributed by atoms with Crippen molar-refractivity contribution >= 4 is 5.96 Å². The summed E-state index contributed by atoms with van der Waals surface area (Å²) < 4.78 is 2.19. The summed E-state index contributed by atoms with van der Waals surface area (Å²) >= 11 is 0. The molecule has 1 atom stereocenters. The van der Waals surface area contributed by atoms with Crippen molar-refractivity contribution in [2.24, 2.45) is 10.9 Å². The van der Waals surface area contributed by atoms with Crippen LogP contribution >= 0.6 is 0 Å². The van der Waals surface area contributed by atoms with E-state index in [4.69, 9.17) is 0 Å². The average molecular weight is 313 g/mol. The summed E-state index contributed by atoms with van der Waals surface area (Å²) in [5.74, 6) is 2.40. The number of nitrogens with one attached hydrogen (secondary N) is 2. The summed E-state index contributed by atoms with van der Waals surface area (Å²) in [7, 11) is 1.79. The van der Waals surface area contributed by atoms with E-state index >= 15 is 0 Å². The van der Waals surface area contributed by atoms with E-state index in [2.05, 4.69) is 58.1 Å². The van der Waals surface area contributed by atoms with E-state index in [1.54, 1.807) is 7.05 Å². The highest BCUT2D eigenvalue weighted by Gasteiger charge is 2.09. The Labute approximate surface area is 138 Å². The Morgan fingerprint density at radius 3 is 2.61 bits per heavy atom. The molecule has 0 bridgehead atoms. The fourth-order valence-electron chi connectivity index (χ4n) is 2.45. The van der Waals surface area contributed by atoms with Gasteiger partial charge in [-0.2, -0.15) is 0 Å². The summed E-state index contributed by atoms with van der Waals surface area (Å²) in [5, 5.41) is 6.75. The molecule has 2 N–H and O–H groups in total. The number of aliphatic imine (C=N–C) groups is 1. The topological polar surface area (TPSA) is 54.2 Å². The van der Waals surface area contributed by atoms with E-state index in [1.165, 1.54) is 5.56 Å². The Balaban J connectivity index is 1.92. The third-order valence-electron chi connectivity index (χ3n) is 3.65. The molecule has 2 aromatic rings. The molecule has 0 radical (unpaired) electrons. The fourth-order valence-corrected chi connectivity index (χ4v) is 2.45. The Morgan fingerprint density at radius 2 is 1.96 bits per heavy atom. The van der Waals surface area contributed by atoms with Crippen LogP contribution in [-0.4, -0.2) is 22.6 Å². The van der Waals surface area contributed by atoms with Crippen molar-refractivity contribution in [1.82, 2.24) is 20.2 Å². The molecule has 0 aliphatic carbocycles. The van der Waals surface area contributed by atoms with Gasteiger partial charge in [0.2, 0.25) is 0 Å². The second-order valence-electron chi connectivity index (χ2n) is 6.09. The maximum Gasteiger partial charge on any atom is 0.191 e. The number of imidazole rings is 1. The third-order valence-corrected chi connectivity index (χ3v) is 3.65. The Kier molecular flexibility index (Phi) is 6.20. The van der Waals surface area contributed by atoms with Crippen molar-refractivity contribution in [3.05, 3.63) is 54.1 Å². The highest BCUT2D eigenvalue weighted by Crippen LogP contribution is 2.10.